The average molecular weight is 323 g/mol. The van der Waals surface area contributed by atoms with E-state index in [-0.39, 0.29) is 5.97 Å². The van der Waals surface area contributed by atoms with Crippen LogP contribution in [-0.4, -0.2) is 32.4 Å². The molecule has 0 amide bonds. The highest BCUT2D eigenvalue weighted by Crippen LogP contribution is 2.29. The number of carbonyl (C=O) groups is 1. The topological polar surface area (TPSA) is 83.2 Å². The Bertz CT molecular complexity index is 840. The Kier molecular flexibility index (Phi) is 4.70. The van der Waals surface area contributed by atoms with Gasteiger partial charge in [-0.15, -0.1) is 11.8 Å². The number of hydrogen-bond acceptors (Lipinski definition) is 6. The third-order valence-electron chi connectivity index (χ3n) is 3.41. The van der Waals surface area contributed by atoms with Gasteiger partial charge in [-0.05, 0) is 12.5 Å². The SMILES string of the molecule is CC[C@H](Sc1ccnc2c1c(=O)n(C)c(=O)n2C)C(=O)OC. The zero-order valence-electron chi connectivity index (χ0n) is 12.8. The zero-order valence-corrected chi connectivity index (χ0v) is 13.6. The molecule has 0 bridgehead atoms. The molecule has 0 unspecified atom stereocenters. The van der Waals surface area contributed by atoms with Crippen LogP contribution in [0.15, 0.2) is 26.7 Å². The Morgan fingerprint density at radius 3 is 2.64 bits per heavy atom. The van der Waals surface area contributed by atoms with Crippen LogP contribution in [0.5, 0.6) is 0 Å². The zero-order chi connectivity index (χ0) is 16.4. The summed E-state index contributed by atoms with van der Waals surface area (Å²) < 4.78 is 7.12. The number of pyridine rings is 1. The molecule has 1 atom stereocenters. The first kappa shape index (κ1) is 16.3. The summed E-state index contributed by atoms with van der Waals surface area (Å²) in [6.45, 7) is 1.87. The summed E-state index contributed by atoms with van der Waals surface area (Å²) in [5, 5.41) is -0.0861. The Labute approximate surface area is 130 Å². The van der Waals surface area contributed by atoms with E-state index in [4.69, 9.17) is 4.74 Å². The van der Waals surface area contributed by atoms with Crippen molar-refractivity contribution in [3.63, 3.8) is 0 Å². The molecule has 0 saturated heterocycles. The van der Waals surface area contributed by atoms with E-state index in [0.717, 1.165) is 4.57 Å². The van der Waals surface area contributed by atoms with Crippen LogP contribution < -0.4 is 11.2 Å². The summed E-state index contributed by atoms with van der Waals surface area (Å²) in [6, 6.07) is 1.67. The second-order valence-electron chi connectivity index (χ2n) is 4.75. The van der Waals surface area contributed by atoms with Crippen molar-refractivity contribution in [2.24, 2.45) is 14.1 Å². The number of rotatable bonds is 4. The number of carbonyl (C=O) groups excluding carboxylic acids is 1. The Morgan fingerprint density at radius 2 is 2.05 bits per heavy atom. The first-order valence-electron chi connectivity index (χ1n) is 6.71. The molecular weight excluding hydrogens is 306 g/mol. The van der Waals surface area contributed by atoms with Gasteiger partial charge in [-0.25, -0.2) is 9.78 Å². The molecule has 7 nitrogen and oxygen atoms in total. The Hall–Kier alpha value is -2.09. The number of ether oxygens (including phenoxy) is 1. The highest BCUT2D eigenvalue weighted by atomic mass is 32.2. The molecule has 0 aliphatic heterocycles. The molecular formula is C14H17N3O4S. The second-order valence-corrected chi connectivity index (χ2v) is 6.00. The van der Waals surface area contributed by atoms with Crippen molar-refractivity contribution >= 4 is 28.8 Å². The van der Waals surface area contributed by atoms with Gasteiger partial charge in [-0.2, -0.15) is 0 Å². The molecule has 0 N–H and O–H groups in total. The lowest BCUT2D eigenvalue weighted by Crippen LogP contribution is -2.37. The van der Waals surface area contributed by atoms with Gasteiger partial charge in [0.2, 0.25) is 0 Å². The van der Waals surface area contributed by atoms with E-state index >= 15 is 0 Å². The number of aromatic nitrogens is 3. The summed E-state index contributed by atoms with van der Waals surface area (Å²) in [4.78, 5) is 40.9. The highest BCUT2D eigenvalue weighted by molar-refractivity contribution is 8.00. The molecule has 22 heavy (non-hydrogen) atoms. The van der Waals surface area contributed by atoms with E-state index in [1.807, 2.05) is 6.92 Å². The van der Waals surface area contributed by atoms with Crippen molar-refractivity contribution < 1.29 is 9.53 Å². The summed E-state index contributed by atoms with van der Waals surface area (Å²) >= 11 is 1.25. The number of methoxy groups -OCH3 is 1. The summed E-state index contributed by atoms with van der Waals surface area (Å²) in [5.41, 5.74) is -0.557. The van der Waals surface area contributed by atoms with Gasteiger partial charge in [0.1, 0.15) is 10.9 Å². The number of nitrogens with zero attached hydrogens (tertiary/aromatic N) is 3. The molecule has 0 aliphatic carbocycles. The van der Waals surface area contributed by atoms with Crippen molar-refractivity contribution in [3.05, 3.63) is 33.1 Å². The summed E-state index contributed by atoms with van der Waals surface area (Å²) in [5.74, 6) is -0.348. The Morgan fingerprint density at radius 1 is 1.36 bits per heavy atom. The number of hydrogen-bond donors (Lipinski definition) is 0. The predicted molar refractivity (Wildman–Crippen MR) is 84.2 cm³/mol. The maximum atomic E-state index is 12.4. The van der Waals surface area contributed by atoms with Crippen LogP contribution in [0.3, 0.4) is 0 Å². The van der Waals surface area contributed by atoms with E-state index in [2.05, 4.69) is 4.98 Å². The van der Waals surface area contributed by atoms with Crippen molar-refractivity contribution in [2.75, 3.05) is 7.11 Å². The lowest BCUT2D eigenvalue weighted by atomic mass is 10.3. The van der Waals surface area contributed by atoms with Gasteiger partial charge < -0.3 is 4.74 Å². The first-order valence-corrected chi connectivity index (χ1v) is 7.59. The van der Waals surface area contributed by atoms with Gasteiger partial charge in [-0.3, -0.25) is 18.7 Å². The van der Waals surface area contributed by atoms with E-state index < -0.39 is 16.5 Å². The lowest BCUT2D eigenvalue weighted by molar-refractivity contribution is -0.140. The van der Waals surface area contributed by atoms with Gasteiger partial charge in [0.15, 0.2) is 0 Å². The van der Waals surface area contributed by atoms with Crippen molar-refractivity contribution in [2.45, 2.75) is 23.5 Å². The second kappa shape index (κ2) is 6.35. The number of thioether (sulfide) groups is 1. The summed E-state index contributed by atoms with van der Waals surface area (Å²) in [7, 11) is 4.31. The normalized spacial score (nSPS) is 12.4. The average Bonchev–Trinajstić information content (AvgIpc) is 2.54. The fourth-order valence-corrected chi connectivity index (χ4v) is 3.24. The van der Waals surface area contributed by atoms with Gasteiger partial charge in [0.25, 0.3) is 5.56 Å². The molecule has 2 aromatic rings. The number of esters is 1. The first-order chi connectivity index (χ1) is 10.4. The molecule has 0 spiro atoms. The predicted octanol–water partition coefficient (Wildman–Crippen LogP) is 0.676. The van der Waals surface area contributed by atoms with Gasteiger partial charge in [0.05, 0.1) is 12.5 Å². The van der Waals surface area contributed by atoms with Crippen LogP contribution in [0.2, 0.25) is 0 Å². The summed E-state index contributed by atoms with van der Waals surface area (Å²) in [6.07, 6.45) is 2.08. The minimum Gasteiger partial charge on any atom is -0.468 e. The number of fused-ring (bicyclic) bond motifs is 1. The van der Waals surface area contributed by atoms with Gasteiger partial charge in [0, 0.05) is 25.2 Å². The van der Waals surface area contributed by atoms with Crippen LogP contribution in [0, 0.1) is 0 Å². The standard InChI is InChI=1S/C14H17N3O4S/c1-5-8(13(19)21-4)22-9-6-7-15-11-10(9)12(18)17(3)14(20)16(11)2/h6-8H,5H2,1-4H3/t8-/m0/s1. The van der Waals surface area contributed by atoms with Crippen LogP contribution in [-0.2, 0) is 23.6 Å². The third-order valence-corrected chi connectivity index (χ3v) is 4.81. The van der Waals surface area contributed by atoms with E-state index in [1.54, 1.807) is 13.1 Å². The molecule has 118 valence electrons. The molecule has 2 heterocycles. The fraction of sp³-hybridized carbons (Fsp3) is 0.429. The minimum absolute atomic E-state index is 0.304. The van der Waals surface area contributed by atoms with E-state index in [0.29, 0.717) is 22.3 Å². The monoisotopic (exact) mass is 323 g/mol. The quantitative estimate of drug-likeness (QED) is 0.608. The maximum absolute atomic E-state index is 12.4. The minimum atomic E-state index is -0.438. The van der Waals surface area contributed by atoms with Gasteiger partial charge >= 0.3 is 11.7 Å². The molecule has 2 rings (SSSR count). The van der Waals surface area contributed by atoms with Crippen LogP contribution >= 0.6 is 11.8 Å². The molecule has 2 aromatic heterocycles. The van der Waals surface area contributed by atoms with Gasteiger partial charge in [-0.1, -0.05) is 6.92 Å². The molecule has 0 fully saturated rings. The lowest BCUT2D eigenvalue weighted by Gasteiger charge is -2.14. The molecule has 0 radical (unpaired) electrons. The van der Waals surface area contributed by atoms with Crippen molar-refractivity contribution in [1.82, 2.24) is 14.1 Å². The molecule has 0 aliphatic rings. The maximum Gasteiger partial charge on any atom is 0.332 e. The molecule has 0 saturated carbocycles. The Balaban J connectivity index is 2.68. The van der Waals surface area contributed by atoms with Crippen LogP contribution in [0.1, 0.15) is 13.3 Å². The van der Waals surface area contributed by atoms with E-state index in [1.165, 1.54) is 36.7 Å². The van der Waals surface area contributed by atoms with E-state index in [9.17, 15) is 14.4 Å². The van der Waals surface area contributed by atoms with Crippen molar-refractivity contribution in [1.29, 1.82) is 0 Å². The van der Waals surface area contributed by atoms with Crippen LogP contribution in [0.25, 0.3) is 11.0 Å². The largest absolute Gasteiger partial charge is 0.468 e. The third kappa shape index (κ3) is 2.66. The molecule has 8 heteroatoms. The number of aryl methyl sites for hydroxylation is 1. The molecule has 0 aromatic carbocycles. The smallest absolute Gasteiger partial charge is 0.332 e. The highest BCUT2D eigenvalue weighted by Gasteiger charge is 2.21. The van der Waals surface area contributed by atoms with Crippen molar-refractivity contribution in [3.8, 4) is 0 Å². The fourth-order valence-electron chi connectivity index (χ4n) is 2.14. The van der Waals surface area contributed by atoms with Crippen LogP contribution in [0.4, 0.5) is 0 Å².